The van der Waals surface area contributed by atoms with Crippen LogP contribution in [0.4, 0.5) is 0 Å². The topological polar surface area (TPSA) is 9.23 Å². The average Bonchev–Trinajstić information content (AvgIpc) is 3.14. The van der Waals surface area contributed by atoms with Crippen LogP contribution in [0.2, 0.25) is 0 Å². The molecular formula is C17H24O. The summed E-state index contributed by atoms with van der Waals surface area (Å²) in [5.74, 6) is 5.79. The largest absolute Gasteiger partial charge is 0.374 e. The summed E-state index contributed by atoms with van der Waals surface area (Å²) < 4.78 is 6.60. The van der Waals surface area contributed by atoms with Gasteiger partial charge in [-0.25, -0.2) is 0 Å². The van der Waals surface area contributed by atoms with Crippen molar-refractivity contribution < 1.29 is 4.74 Å². The first-order valence-electron chi connectivity index (χ1n) is 8.22. The highest BCUT2D eigenvalue weighted by molar-refractivity contribution is 5.12. The van der Waals surface area contributed by atoms with Gasteiger partial charge in [-0.3, -0.25) is 0 Å². The maximum absolute atomic E-state index is 6.60. The minimum absolute atomic E-state index is 0.587. The second-order valence-electron chi connectivity index (χ2n) is 7.65. The van der Waals surface area contributed by atoms with Crippen molar-refractivity contribution in [2.75, 3.05) is 0 Å². The molecule has 0 aromatic rings. The fourth-order valence-electron chi connectivity index (χ4n) is 6.27. The van der Waals surface area contributed by atoms with Crippen LogP contribution in [-0.2, 0) is 4.74 Å². The molecule has 5 aliphatic rings. The zero-order chi connectivity index (χ0) is 11.7. The van der Waals surface area contributed by atoms with Gasteiger partial charge in [0.05, 0.1) is 12.2 Å². The summed E-state index contributed by atoms with van der Waals surface area (Å²) in [7, 11) is 0. The summed E-state index contributed by atoms with van der Waals surface area (Å²) in [4.78, 5) is 0. The van der Waals surface area contributed by atoms with E-state index in [0.717, 1.165) is 35.5 Å². The smallest absolute Gasteiger partial charge is 0.0647 e. The van der Waals surface area contributed by atoms with Crippen LogP contribution in [0.15, 0.2) is 12.2 Å². The van der Waals surface area contributed by atoms with Gasteiger partial charge >= 0.3 is 0 Å². The molecule has 1 nitrogen and oxygen atoms in total. The van der Waals surface area contributed by atoms with Crippen LogP contribution in [0, 0.1) is 35.5 Å². The van der Waals surface area contributed by atoms with Gasteiger partial charge in [0.25, 0.3) is 0 Å². The van der Waals surface area contributed by atoms with Crippen molar-refractivity contribution in [3.8, 4) is 0 Å². The second-order valence-corrected chi connectivity index (χ2v) is 7.65. The lowest BCUT2D eigenvalue weighted by atomic mass is 9.80. The Balaban J connectivity index is 1.31. The third-order valence-electron chi connectivity index (χ3n) is 6.94. The van der Waals surface area contributed by atoms with Gasteiger partial charge in [0.1, 0.15) is 0 Å². The van der Waals surface area contributed by atoms with Crippen LogP contribution >= 0.6 is 0 Å². The minimum Gasteiger partial charge on any atom is -0.374 e. The van der Waals surface area contributed by atoms with Crippen molar-refractivity contribution in [1.82, 2.24) is 0 Å². The van der Waals surface area contributed by atoms with Crippen LogP contribution in [-0.4, -0.2) is 12.2 Å². The minimum atomic E-state index is 0.587. The zero-order valence-corrected chi connectivity index (χ0v) is 11.1. The van der Waals surface area contributed by atoms with E-state index < -0.39 is 0 Å². The lowest BCUT2D eigenvalue weighted by Gasteiger charge is -2.34. The molecule has 8 unspecified atom stereocenters. The molecule has 98 valence electrons. The molecule has 0 heterocycles. The molecule has 0 spiro atoms. The quantitative estimate of drug-likeness (QED) is 0.671. The van der Waals surface area contributed by atoms with E-state index in [1.54, 1.807) is 0 Å². The fourth-order valence-corrected chi connectivity index (χ4v) is 6.27. The van der Waals surface area contributed by atoms with Gasteiger partial charge in [-0.2, -0.15) is 0 Å². The molecule has 0 N–H and O–H groups in total. The first-order valence-corrected chi connectivity index (χ1v) is 8.22. The van der Waals surface area contributed by atoms with Crippen molar-refractivity contribution in [2.24, 2.45) is 35.5 Å². The summed E-state index contributed by atoms with van der Waals surface area (Å²) in [6.07, 6.45) is 16.3. The molecule has 0 aromatic heterocycles. The molecule has 1 heteroatoms. The molecule has 0 amide bonds. The van der Waals surface area contributed by atoms with E-state index in [1.165, 1.54) is 44.9 Å². The van der Waals surface area contributed by atoms with Gasteiger partial charge in [0, 0.05) is 5.92 Å². The molecule has 0 saturated heterocycles. The molecule has 4 saturated carbocycles. The number of hydrogen-bond donors (Lipinski definition) is 0. The van der Waals surface area contributed by atoms with E-state index in [9.17, 15) is 0 Å². The molecule has 5 aliphatic carbocycles. The molecule has 5 rings (SSSR count). The van der Waals surface area contributed by atoms with Crippen molar-refractivity contribution >= 4 is 0 Å². The van der Waals surface area contributed by atoms with Crippen molar-refractivity contribution in [3.63, 3.8) is 0 Å². The molecule has 4 fully saturated rings. The van der Waals surface area contributed by atoms with Crippen LogP contribution in [0.25, 0.3) is 0 Å². The van der Waals surface area contributed by atoms with Crippen molar-refractivity contribution in [2.45, 2.75) is 57.2 Å². The van der Waals surface area contributed by atoms with E-state index in [4.69, 9.17) is 4.74 Å². The Morgan fingerprint density at radius 2 is 1.72 bits per heavy atom. The normalized spacial score (nSPS) is 59.8. The number of ether oxygens (including phenoxy) is 1. The van der Waals surface area contributed by atoms with Gasteiger partial charge < -0.3 is 4.74 Å². The summed E-state index contributed by atoms with van der Waals surface area (Å²) >= 11 is 0. The van der Waals surface area contributed by atoms with E-state index in [0.29, 0.717) is 12.2 Å². The van der Waals surface area contributed by atoms with Crippen LogP contribution in [0.1, 0.15) is 44.9 Å². The Bertz CT molecular complexity index is 387. The van der Waals surface area contributed by atoms with Crippen LogP contribution in [0.3, 0.4) is 0 Å². The molecule has 0 radical (unpaired) electrons. The maximum Gasteiger partial charge on any atom is 0.0647 e. The van der Waals surface area contributed by atoms with E-state index >= 15 is 0 Å². The van der Waals surface area contributed by atoms with Crippen molar-refractivity contribution in [1.29, 1.82) is 0 Å². The van der Waals surface area contributed by atoms with Crippen LogP contribution in [0.5, 0.6) is 0 Å². The Kier molecular flexibility index (Phi) is 2.11. The highest BCUT2D eigenvalue weighted by Gasteiger charge is 2.55. The zero-order valence-electron chi connectivity index (χ0n) is 11.1. The molecule has 0 aliphatic heterocycles. The van der Waals surface area contributed by atoms with Gasteiger partial charge in [-0.05, 0) is 68.1 Å². The molecule has 4 bridgehead atoms. The van der Waals surface area contributed by atoms with Gasteiger partial charge in [-0.1, -0.05) is 18.6 Å². The highest BCUT2D eigenvalue weighted by atomic mass is 16.5. The Morgan fingerprint density at radius 3 is 2.56 bits per heavy atom. The van der Waals surface area contributed by atoms with Crippen LogP contribution < -0.4 is 0 Å². The maximum atomic E-state index is 6.60. The average molecular weight is 244 g/mol. The lowest BCUT2D eigenvalue weighted by molar-refractivity contribution is -0.0668. The standard InChI is InChI=1S/C17H24O/c1-2-13-12-8-15(14(13)3-1)17(9-12)18-16-7-10-4-5-11(16)6-10/h4-5,10-17H,1-3,6-9H2. The molecule has 0 aromatic carbocycles. The van der Waals surface area contributed by atoms with Gasteiger partial charge in [-0.15, -0.1) is 0 Å². The first kappa shape index (κ1) is 10.5. The lowest BCUT2D eigenvalue weighted by Crippen LogP contribution is -2.34. The van der Waals surface area contributed by atoms with E-state index in [2.05, 4.69) is 12.2 Å². The molecule has 8 atom stereocenters. The Labute approximate surface area is 110 Å². The number of allylic oxidation sites excluding steroid dienone is 1. The van der Waals surface area contributed by atoms with Gasteiger partial charge in [0.2, 0.25) is 0 Å². The number of rotatable bonds is 2. The summed E-state index contributed by atoms with van der Waals surface area (Å²) in [5, 5.41) is 0. The molecule has 18 heavy (non-hydrogen) atoms. The highest BCUT2D eigenvalue weighted by Crippen LogP contribution is 2.60. The van der Waals surface area contributed by atoms with E-state index in [-0.39, 0.29) is 0 Å². The fraction of sp³-hybridized carbons (Fsp3) is 0.882. The monoisotopic (exact) mass is 244 g/mol. The molecular weight excluding hydrogens is 220 g/mol. The Hall–Kier alpha value is -0.300. The summed E-state index contributed by atoms with van der Waals surface area (Å²) in [6.45, 7) is 0. The summed E-state index contributed by atoms with van der Waals surface area (Å²) in [5.41, 5.74) is 0. The predicted molar refractivity (Wildman–Crippen MR) is 71.1 cm³/mol. The number of hydrogen-bond acceptors (Lipinski definition) is 1. The van der Waals surface area contributed by atoms with Gasteiger partial charge in [0.15, 0.2) is 0 Å². The third-order valence-corrected chi connectivity index (χ3v) is 6.94. The SMILES string of the molecule is C1=CC2CC1CC2OC1CC2CC1C1CCCC21. The van der Waals surface area contributed by atoms with E-state index in [1.807, 2.05) is 0 Å². The third kappa shape index (κ3) is 1.32. The summed E-state index contributed by atoms with van der Waals surface area (Å²) in [6, 6.07) is 0. The first-order chi connectivity index (χ1) is 8.88. The van der Waals surface area contributed by atoms with Crippen molar-refractivity contribution in [3.05, 3.63) is 12.2 Å². The number of fused-ring (bicyclic) bond motifs is 7. The second kappa shape index (κ2) is 3.62. The predicted octanol–water partition coefficient (Wildman–Crippen LogP) is 3.79. The Morgan fingerprint density at radius 1 is 0.778 bits per heavy atom.